The van der Waals surface area contributed by atoms with Crippen molar-refractivity contribution in [1.29, 1.82) is 0 Å². The zero-order valence-corrected chi connectivity index (χ0v) is 14.7. The van der Waals surface area contributed by atoms with Gasteiger partial charge in [-0.2, -0.15) is 0 Å². The first-order valence-corrected chi connectivity index (χ1v) is 8.96. The van der Waals surface area contributed by atoms with E-state index in [0.717, 1.165) is 36.1 Å². The van der Waals surface area contributed by atoms with Crippen molar-refractivity contribution in [2.75, 3.05) is 0 Å². The molecule has 0 saturated heterocycles. The van der Waals surface area contributed by atoms with Crippen LogP contribution in [-0.2, 0) is 17.9 Å². The topological polar surface area (TPSA) is 46.9 Å². The van der Waals surface area contributed by atoms with Crippen molar-refractivity contribution in [2.24, 2.45) is 0 Å². The third-order valence-corrected chi connectivity index (χ3v) is 4.93. The molecule has 138 valence electrons. The van der Waals surface area contributed by atoms with Crippen LogP contribution in [0.25, 0.3) is 11.3 Å². The molecule has 4 nitrogen and oxygen atoms in total. The van der Waals surface area contributed by atoms with Gasteiger partial charge in [-0.15, -0.1) is 0 Å². The lowest BCUT2D eigenvalue weighted by Crippen LogP contribution is -2.33. The van der Waals surface area contributed by atoms with E-state index in [9.17, 15) is 13.6 Å². The van der Waals surface area contributed by atoms with Gasteiger partial charge in [0, 0.05) is 24.7 Å². The predicted molar refractivity (Wildman–Crippen MR) is 97.8 cm³/mol. The van der Waals surface area contributed by atoms with Crippen LogP contribution in [0.15, 0.2) is 54.7 Å². The van der Waals surface area contributed by atoms with E-state index < -0.39 is 11.6 Å². The third kappa shape index (κ3) is 3.47. The predicted octanol–water partition coefficient (Wildman–Crippen LogP) is 4.02. The number of carbonyl (C=O) groups is 1. The van der Waals surface area contributed by atoms with Crippen molar-refractivity contribution in [3.8, 4) is 11.3 Å². The van der Waals surface area contributed by atoms with Crippen LogP contribution in [0.3, 0.4) is 0 Å². The molecule has 0 saturated carbocycles. The molecule has 1 N–H and O–H groups in total. The van der Waals surface area contributed by atoms with Gasteiger partial charge in [-0.25, -0.2) is 13.8 Å². The number of halogens is 2. The van der Waals surface area contributed by atoms with E-state index in [1.54, 1.807) is 6.20 Å². The van der Waals surface area contributed by atoms with Crippen LogP contribution >= 0.6 is 0 Å². The summed E-state index contributed by atoms with van der Waals surface area (Å²) >= 11 is 0. The normalized spacial score (nSPS) is 16.0. The second-order valence-corrected chi connectivity index (χ2v) is 6.67. The molecule has 0 spiro atoms. The Morgan fingerprint density at radius 3 is 2.78 bits per heavy atom. The zero-order valence-electron chi connectivity index (χ0n) is 14.7. The molecular formula is C21H19F2N3O. The average Bonchev–Trinajstić information content (AvgIpc) is 3.12. The molecule has 0 unspecified atom stereocenters. The number of hydrogen-bond donors (Lipinski definition) is 1. The standard InChI is InChI=1S/C21H19F2N3O/c22-16-9-8-15(18(23)11-16)12-25-21(27)17-7-4-10-26-19(13-24-20(17)26)14-5-2-1-3-6-14/h1-3,5-6,8-9,11,13,17H,4,7,10,12H2,(H,25,27)/t17-/m1/s1. The second kappa shape index (κ2) is 7.31. The van der Waals surface area contributed by atoms with E-state index >= 15 is 0 Å². The lowest BCUT2D eigenvalue weighted by molar-refractivity contribution is -0.123. The lowest BCUT2D eigenvalue weighted by atomic mass is 9.97. The first-order chi connectivity index (χ1) is 13.1. The van der Waals surface area contributed by atoms with Crippen LogP contribution in [0.5, 0.6) is 0 Å². The highest BCUT2D eigenvalue weighted by molar-refractivity contribution is 5.83. The first-order valence-electron chi connectivity index (χ1n) is 8.96. The average molecular weight is 367 g/mol. The summed E-state index contributed by atoms with van der Waals surface area (Å²) in [5.41, 5.74) is 2.31. The molecule has 1 aliphatic heterocycles. The number of carbonyl (C=O) groups excluding carboxylic acids is 1. The number of amides is 1. The summed E-state index contributed by atoms with van der Waals surface area (Å²) in [5.74, 6) is -1.13. The fourth-order valence-corrected chi connectivity index (χ4v) is 3.54. The van der Waals surface area contributed by atoms with Gasteiger partial charge in [0.1, 0.15) is 17.5 Å². The van der Waals surface area contributed by atoms with Gasteiger partial charge in [0.05, 0.1) is 17.8 Å². The van der Waals surface area contributed by atoms with Gasteiger partial charge >= 0.3 is 0 Å². The summed E-state index contributed by atoms with van der Waals surface area (Å²) in [7, 11) is 0. The summed E-state index contributed by atoms with van der Waals surface area (Å²) in [6, 6.07) is 13.3. The van der Waals surface area contributed by atoms with Crippen LogP contribution in [-0.4, -0.2) is 15.5 Å². The maximum atomic E-state index is 13.8. The Balaban J connectivity index is 1.52. The van der Waals surface area contributed by atoms with Crippen molar-refractivity contribution in [3.63, 3.8) is 0 Å². The van der Waals surface area contributed by atoms with Crippen molar-refractivity contribution in [1.82, 2.24) is 14.9 Å². The summed E-state index contributed by atoms with van der Waals surface area (Å²) in [4.78, 5) is 17.2. The first kappa shape index (κ1) is 17.4. The van der Waals surface area contributed by atoms with Gasteiger partial charge in [0.25, 0.3) is 0 Å². The summed E-state index contributed by atoms with van der Waals surface area (Å²) < 4.78 is 28.9. The van der Waals surface area contributed by atoms with Gasteiger partial charge in [-0.1, -0.05) is 36.4 Å². The van der Waals surface area contributed by atoms with Crippen molar-refractivity contribution in [3.05, 3.63) is 77.8 Å². The fourth-order valence-electron chi connectivity index (χ4n) is 3.54. The number of fused-ring (bicyclic) bond motifs is 1. The molecule has 2 heterocycles. The molecular weight excluding hydrogens is 348 g/mol. The van der Waals surface area contributed by atoms with Gasteiger partial charge < -0.3 is 9.88 Å². The Morgan fingerprint density at radius 1 is 1.19 bits per heavy atom. The molecule has 1 aliphatic rings. The number of nitrogens with one attached hydrogen (secondary N) is 1. The minimum atomic E-state index is -0.660. The number of rotatable bonds is 4. The quantitative estimate of drug-likeness (QED) is 0.757. The van der Waals surface area contributed by atoms with Gasteiger partial charge in [-0.05, 0) is 24.5 Å². The molecule has 0 fully saturated rings. The van der Waals surface area contributed by atoms with E-state index in [1.807, 2.05) is 30.3 Å². The van der Waals surface area contributed by atoms with Gasteiger partial charge in [0.2, 0.25) is 5.91 Å². The Hall–Kier alpha value is -3.02. The number of hydrogen-bond acceptors (Lipinski definition) is 2. The van der Waals surface area contributed by atoms with E-state index in [1.165, 1.54) is 12.1 Å². The second-order valence-electron chi connectivity index (χ2n) is 6.67. The van der Waals surface area contributed by atoms with Crippen molar-refractivity contribution in [2.45, 2.75) is 31.8 Å². The van der Waals surface area contributed by atoms with Gasteiger partial charge in [0.15, 0.2) is 0 Å². The zero-order chi connectivity index (χ0) is 18.8. The highest BCUT2D eigenvalue weighted by atomic mass is 19.1. The van der Waals surface area contributed by atoms with Crippen molar-refractivity contribution >= 4 is 5.91 Å². The molecule has 0 radical (unpaired) electrons. The van der Waals surface area contributed by atoms with Crippen LogP contribution in [0.2, 0.25) is 0 Å². The number of aromatic nitrogens is 2. The Labute approximate surface area is 155 Å². The largest absolute Gasteiger partial charge is 0.351 e. The minimum Gasteiger partial charge on any atom is -0.351 e. The maximum Gasteiger partial charge on any atom is 0.230 e. The molecule has 2 aromatic carbocycles. The summed E-state index contributed by atoms with van der Waals surface area (Å²) in [6.07, 6.45) is 3.37. The summed E-state index contributed by atoms with van der Waals surface area (Å²) in [5, 5.41) is 2.76. The Morgan fingerprint density at radius 2 is 2.00 bits per heavy atom. The molecule has 0 aliphatic carbocycles. The van der Waals surface area contributed by atoms with Crippen LogP contribution < -0.4 is 5.32 Å². The van der Waals surface area contributed by atoms with E-state index in [-0.39, 0.29) is 23.9 Å². The molecule has 4 rings (SSSR count). The van der Waals surface area contributed by atoms with E-state index in [4.69, 9.17) is 0 Å². The molecule has 3 aromatic rings. The number of benzene rings is 2. The minimum absolute atomic E-state index is 0.0215. The molecule has 0 bridgehead atoms. The molecule has 1 amide bonds. The van der Waals surface area contributed by atoms with Crippen molar-refractivity contribution < 1.29 is 13.6 Å². The molecule has 6 heteroatoms. The van der Waals surface area contributed by atoms with E-state index in [0.29, 0.717) is 6.42 Å². The monoisotopic (exact) mass is 367 g/mol. The maximum absolute atomic E-state index is 13.8. The third-order valence-electron chi connectivity index (χ3n) is 4.93. The SMILES string of the molecule is O=C(NCc1ccc(F)cc1F)[C@@H]1CCCn2c(-c3ccccc3)cnc21. The number of imidazole rings is 1. The molecule has 1 atom stereocenters. The fraction of sp³-hybridized carbons (Fsp3) is 0.238. The Bertz CT molecular complexity index is 969. The highest BCUT2D eigenvalue weighted by Gasteiger charge is 2.30. The number of nitrogens with zero attached hydrogens (tertiary/aromatic N) is 2. The van der Waals surface area contributed by atoms with Crippen LogP contribution in [0, 0.1) is 11.6 Å². The Kier molecular flexibility index (Phi) is 4.71. The highest BCUT2D eigenvalue weighted by Crippen LogP contribution is 2.31. The smallest absolute Gasteiger partial charge is 0.230 e. The molecule has 27 heavy (non-hydrogen) atoms. The van der Waals surface area contributed by atoms with Crippen LogP contribution in [0.4, 0.5) is 8.78 Å². The molecule has 1 aromatic heterocycles. The van der Waals surface area contributed by atoms with E-state index in [2.05, 4.69) is 14.9 Å². The van der Waals surface area contributed by atoms with Gasteiger partial charge in [-0.3, -0.25) is 4.79 Å². The van der Waals surface area contributed by atoms with Crippen LogP contribution in [0.1, 0.15) is 30.1 Å². The lowest BCUT2D eigenvalue weighted by Gasteiger charge is -2.24. The summed E-state index contributed by atoms with van der Waals surface area (Å²) in [6.45, 7) is 0.837.